The predicted molar refractivity (Wildman–Crippen MR) is 131 cm³/mol. The molecule has 0 bridgehead atoms. The highest BCUT2D eigenvalue weighted by Crippen LogP contribution is 2.35. The number of rotatable bonds is 4. The van der Waals surface area contributed by atoms with Gasteiger partial charge in [-0.2, -0.15) is 0 Å². The van der Waals surface area contributed by atoms with Crippen molar-refractivity contribution >= 4 is 80.0 Å². The molecule has 28 heavy (non-hydrogen) atoms. The van der Waals surface area contributed by atoms with E-state index in [9.17, 15) is 4.79 Å². The van der Waals surface area contributed by atoms with Crippen LogP contribution in [0.2, 0.25) is 5.02 Å². The number of amides is 1. The monoisotopic (exact) mass is 613 g/mol. The largest absolute Gasteiger partial charge is 0.487 e. The minimum absolute atomic E-state index is 0.0747. The maximum absolute atomic E-state index is 12.3. The van der Waals surface area contributed by atoms with Crippen molar-refractivity contribution in [3.05, 3.63) is 89.5 Å². The lowest BCUT2D eigenvalue weighted by Crippen LogP contribution is -2.03. The van der Waals surface area contributed by atoms with Gasteiger partial charge < -0.3 is 10.1 Å². The standard InChI is InChI=1S/C22H14ClI2NO2/c23-15-7-5-13(6-8-15)12-28-21-18(24)10-14(11-19(21)25)9-17-16-3-1-2-4-20(16)26-22(17)27/h1-11H,12H2,(H,26,27)/b17-9-. The highest BCUT2D eigenvalue weighted by atomic mass is 127. The van der Waals surface area contributed by atoms with Gasteiger partial charge in [0.25, 0.3) is 5.91 Å². The number of benzene rings is 3. The van der Waals surface area contributed by atoms with Gasteiger partial charge in [0.15, 0.2) is 0 Å². The van der Waals surface area contributed by atoms with Crippen molar-refractivity contribution < 1.29 is 9.53 Å². The molecule has 0 aliphatic carbocycles. The second-order valence-electron chi connectivity index (χ2n) is 6.29. The average Bonchev–Trinajstić information content (AvgIpc) is 2.98. The van der Waals surface area contributed by atoms with Gasteiger partial charge in [0, 0.05) is 21.8 Å². The summed E-state index contributed by atoms with van der Waals surface area (Å²) in [6.07, 6.45) is 1.93. The fourth-order valence-corrected chi connectivity index (χ4v) is 5.24. The van der Waals surface area contributed by atoms with Gasteiger partial charge in [-0.3, -0.25) is 4.79 Å². The fraction of sp³-hybridized carbons (Fsp3) is 0.0455. The smallest absolute Gasteiger partial charge is 0.256 e. The number of carbonyl (C=O) groups is 1. The molecule has 0 aromatic heterocycles. The first-order chi connectivity index (χ1) is 13.5. The molecule has 0 atom stereocenters. The fourth-order valence-electron chi connectivity index (χ4n) is 2.99. The Morgan fingerprint density at radius 1 is 1.00 bits per heavy atom. The van der Waals surface area contributed by atoms with E-state index in [1.165, 1.54) is 0 Å². The number of hydrogen-bond acceptors (Lipinski definition) is 2. The molecule has 3 aromatic carbocycles. The molecular weight excluding hydrogens is 600 g/mol. The van der Waals surface area contributed by atoms with Gasteiger partial charge in [0.2, 0.25) is 0 Å². The molecule has 6 heteroatoms. The van der Waals surface area contributed by atoms with E-state index >= 15 is 0 Å². The van der Waals surface area contributed by atoms with Crippen LogP contribution in [0.15, 0.2) is 60.7 Å². The lowest BCUT2D eigenvalue weighted by atomic mass is 10.0. The van der Waals surface area contributed by atoms with Crippen LogP contribution in [0.5, 0.6) is 5.75 Å². The molecule has 1 amide bonds. The van der Waals surface area contributed by atoms with E-state index in [1.807, 2.05) is 66.7 Å². The summed E-state index contributed by atoms with van der Waals surface area (Å²) in [6, 6.07) is 19.4. The molecule has 0 saturated carbocycles. The van der Waals surface area contributed by atoms with Crippen molar-refractivity contribution in [1.82, 2.24) is 0 Å². The van der Waals surface area contributed by atoms with Gasteiger partial charge >= 0.3 is 0 Å². The number of ether oxygens (including phenoxy) is 1. The Morgan fingerprint density at radius 2 is 1.68 bits per heavy atom. The Kier molecular flexibility index (Phi) is 5.93. The van der Waals surface area contributed by atoms with Crippen molar-refractivity contribution in [2.45, 2.75) is 6.61 Å². The zero-order chi connectivity index (χ0) is 19.7. The number of halogens is 3. The molecule has 1 heterocycles. The predicted octanol–water partition coefficient (Wildman–Crippen LogP) is 6.62. The summed E-state index contributed by atoms with van der Waals surface area (Å²) in [5.41, 5.74) is 4.49. The molecule has 0 radical (unpaired) electrons. The summed E-state index contributed by atoms with van der Waals surface area (Å²) in [4.78, 5) is 12.3. The third kappa shape index (κ3) is 4.21. The lowest BCUT2D eigenvalue weighted by Gasteiger charge is -2.12. The Balaban J connectivity index is 1.59. The molecule has 1 aliphatic heterocycles. The minimum atomic E-state index is -0.0747. The average molecular weight is 614 g/mol. The van der Waals surface area contributed by atoms with Gasteiger partial charge in [0.1, 0.15) is 12.4 Å². The van der Waals surface area contributed by atoms with Crippen LogP contribution in [0.4, 0.5) is 5.69 Å². The quantitative estimate of drug-likeness (QED) is 0.266. The number of fused-ring (bicyclic) bond motifs is 1. The van der Waals surface area contributed by atoms with Crippen LogP contribution >= 0.6 is 56.8 Å². The van der Waals surface area contributed by atoms with Crippen LogP contribution in [0.1, 0.15) is 16.7 Å². The minimum Gasteiger partial charge on any atom is -0.487 e. The van der Waals surface area contributed by atoms with E-state index in [-0.39, 0.29) is 5.91 Å². The van der Waals surface area contributed by atoms with Crippen molar-refractivity contribution in [2.75, 3.05) is 5.32 Å². The summed E-state index contributed by atoms with van der Waals surface area (Å²) < 4.78 is 8.03. The maximum Gasteiger partial charge on any atom is 0.256 e. The van der Waals surface area contributed by atoms with E-state index in [4.69, 9.17) is 16.3 Å². The first-order valence-corrected chi connectivity index (χ1v) is 11.0. The number of anilines is 1. The van der Waals surface area contributed by atoms with Crippen LogP contribution in [0.25, 0.3) is 11.6 Å². The molecule has 1 N–H and O–H groups in total. The summed E-state index contributed by atoms with van der Waals surface area (Å²) in [5.74, 6) is 0.767. The number of carbonyl (C=O) groups excluding carboxylic acids is 1. The Morgan fingerprint density at radius 3 is 2.39 bits per heavy atom. The highest BCUT2D eigenvalue weighted by molar-refractivity contribution is 14.1. The van der Waals surface area contributed by atoms with Crippen molar-refractivity contribution in [3.8, 4) is 5.75 Å². The van der Waals surface area contributed by atoms with Crippen LogP contribution in [0.3, 0.4) is 0 Å². The van der Waals surface area contributed by atoms with Crippen LogP contribution < -0.4 is 10.1 Å². The summed E-state index contributed by atoms with van der Waals surface area (Å²) in [7, 11) is 0. The molecule has 0 saturated heterocycles. The molecule has 140 valence electrons. The van der Waals surface area contributed by atoms with E-state index in [0.29, 0.717) is 17.2 Å². The van der Waals surface area contributed by atoms with Gasteiger partial charge in [-0.05, 0) is 92.7 Å². The van der Waals surface area contributed by atoms with Gasteiger partial charge in [-0.1, -0.05) is 41.9 Å². The Labute approximate surface area is 195 Å². The van der Waals surface area contributed by atoms with Gasteiger partial charge in [-0.15, -0.1) is 0 Å². The highest BCUT2D eigenvalue weighted by Gasteiger charge is 2.23. The van der Waals surface area contributed by atoms with Crippen molar-refractivity contribution in [3.63, 3.8) is 0 Å². The van der Waals surface area contributed by atoms with Crippen molar-refractivity contribution in [1.29, 1.82) is 0 Å². The van der Waals surface area contributed by atoms with E-state index in [1.54, 1.807) is 0 Å². The third-order valence-corrected chi connectivity index (χ3v) is 6.19. The summed E-state index contributed by atoms with van der Waals surface area (Å²) >= 11 is 10.5. The van der Waals surface area contributed by atoms with E-state index < -0.39 is 0 Å². The molecule has 3 nitrogen and oxygen atoms in total. The number of para-hydroxylation sites is 1. The maximum atomic E-state index is 12.3. The SMILES string of the molecule is O=C1Nc2ccccc2/C1=C/c1cc(I)c(OCc2ccc(Cl)cc2)c(I)c1. The Hall–Kier alpha value is -1.58. The topological polar surface area (TPSA) is 38.3 Å². The van der Waals surface area contributed by atoms with E-state index in [0.717, 1.165) is 35.3 Å². The molecular formula is C22H14ClI2NO2. The third-order valence-electron chi connectivity index (χ3n) is 4.34. The second-order valence-corrected chi connectivity index (χ2v) is 9.05. The van der Waals surface area contributed by atoms with Crippen LogP contribution in [-0.2, 0) is 11.4 Å². The summed E-state index contributed by atoms with van der Waals surface area (Å²) in [5, 5.41) is 3.62. The Bertz CT molecular complexity index is 1070. The second kappa shape index (κ2) is 8.42. The molecule has 3 aromatic rings. The first-order valence-electron chi connectivity index (χ1n) is 8.50. The van der Waals surface area contributed by atoms with E-state index in [2.05, 4.69) is 50.5 Å². The molecule has 1 aliphatic rings. The normalized spacial score (nSPS) is 14.1. The van der Waals surface area contributed by atoms with Crippen LogP contribution in [-0.4, -0.2) is 5.91 Å². The van der Waals surface area contributed by atoms with Crippen LogP contribution in [0, 0.1) is 7.14 Å². The number of nitrogens with one attached hydrogen (secondary N) is 1. The van der Waals surface area contributed by atoms with Crippen molar-refractivity contribution in [2.24, 2.45) is 0 Å². The summed E-state index contributed by atoms with van der Waals surface area (Å²) in [6.45, 7) is 0.472. The van der Waals surface area contributed by atoms with Gasteiger partial charge in [0.05, 0.1) is 7.14 Å². The first kappa shape index (κ1) is 19.7. The zero-order valence-corrected chi connectivity index (χ0v) is 19.6. The number of hydrogen-bond donors (Lipinski definition) is 1. The zero-order valence-electron chi connectivity index (χ0n) is 14.5. The molecule has 0 unspecified atom stereocenters. The molecule has 4 rings (SSSR count). The lowest BCUT2D eigenvalue weighted by molar-refractivity contribution is -0.110. The molecule has 0 spiro atoms. The van der Waals surface area contributed by atoms with Gasteiger partial charge in [-0.25, -0.2) is 0 Å². The molecule has 0 fully saturated rings.